The van der Waals surface area contributed by atoms with Crippen LogP contribution in [0.3, 0.4) is 0 Å². The predicted molar refractivity (Wildman–Crippen MR) is 75.7 cm³/mol. The lowest BCUT2D eigenvalue weighted by atomic mass is 9.97. The molecular formula is C12H19BrN4O. The average molecular weight is 315 g/mol. The lowest BCUT2D eigenvalue weighted by Gasteiger charge is -2.30. The summed E-state index contributed by atoms with van der Waals surface area (Å²) < 4.78 is 1.97. The number of nitrogens with one attached hydrogen (secondary N) is 1. The van der Waals surface area contributed by atoms with Gasteiger partial charge in [0.05, 0.1) is 11.9 Å². The average Bonchev–Trinajstić information content (AvgIpc) is 2.85. The van der Waals surface area contributed by atoms with Crippen molar-refractivity contribution < 1.29 is 0 Å². The molecule has 0 spiro atoms. The molecule has 1 aliphatic carbocycles. The summed E-state index contributed by atoms with van der Waals surface area (Å²) in [6, 6.07) is 0. The highest BCUT2D eigenvalue weighted by Gasteiger charge is 2.33. The van der Waals surface area contributed by atoms with Crippen LogP contribution >= 0.6 is 15.9 Å². The monoisotopic (exact) mass is 314 g/mol. The molecule has 0 saturated heterocycles. The molecule has 1 heterocycles. The Morgan fingerprint density at radius 2 is 2.22 bits per heavy atom. The Hall–Kier alpha value is -0.880. The fourth-order valence-electron chi connectivity index (χ4n) is 2.50. The number of anilines is 1. The Morgan fingerprint density at radius 3 is 2.78 bits per heavy atom. The van der Waals surface area contributed by atoms with E-state index in [4.69, 9.17) is 5.73 Å². The van der Waals surface area contributed by atoms with Gasteiger partial charge >= 0.3 is 0 Å². The second-order valence-electron chi connectivity index (χ2n) is 4.81. The van der Waals surface area contributed by atoms with Gasteiger partial charge < -0.3 is 11.1 Å². The Balaban J connectivity index is 2.29. The third-order valence-electron chi connectivity index (χ3n) is 3.64. The molecule has 1 aliphatic rings. The molecule has 3 N–H and O–H groups in total. The first kappa shape index (κ1) is 13.5. The summed E-state index contributed by atoms with van der Waals surface area (Å²) in [4.78, 5) is 12.0. The third-order valence-corrected chi connectivity index (χ3v) is 4.40. The van der Waals surface area contributed by atoms with Gasteiger partial charge in [0.1, 0.15) is 4.47 Å². The first-order valence-electron chi connectivity index (χ1n) is 6.36. The van der Waals surface area contributed by atoms with E-state index in [1.165, 1.54) is 17.5 Å². The molecule has 18 heavy (non-hydrogen) atoms. The van der Waals surface area contributed by atoms with Gasteiger partial charge in [-0.3, -0.25) is 4.79 Å². The van der Waals surface area contributed by atoms with Gasteiger partial charge in [-0.25, -0.2) is 4.68 Å². The second-order valence-corrected chi connectivity index (χ2v) is 5.60. The van der Waals surface area contributed by atoms with Gasteiger partial charge in [-0.15, -0.1) is 0 Å². The lowest BCUT2D eigenvalue weighted by molar-refractivity contribution is 0.491. The minimum atomic E-state index is -0.104. The third kappa shape index (κ3) is 2.44. The van der Waals surface area contributed by atoms with E-state index >= 15 is 0 Å². The van der Waals surface area contributed by atoms with Gasteiger partial charge in [0.25, 0.3) is 5.56 Å². The molecule has 0 unspecified atom stereocenters. The number of aryl methyl sites for hydroxylation is 1. The van der Waals surface area contributed by atoms with Crippen molar-refractivity contribution in [2.24, 2.45) is 5.73 Å². The summed E-state index contributed by atoms with van der Waals surface area (Å²) in [6.45, 7) is 3.04. The van der Waals surface area contributed by atoms with Gasteiger partial charge in [-0.05, 0) is 35.7 Å². The van der Waals surface area contributed by atoms with E-state index in [2.05, 4.69) is 26.3 Å². The highest BCUT2D eigenvalue weighted by atomic mass is 79.9. The van der Waals surface area contributed by atoms with E-state index in [9.17, 15) is 4.79 Å². The fourth-order valence-corrected chi connectivity index (χ4v) is 2.90. The van der Waals surface area contributed by atoms with Crippen LogP contribution in [-0.4, -0.2) is 21.9 Å². The fraction of sp³-hybridized carbons (Fsp3) is 0.667. The van der Waals surface area contributed by atoms with E-state index in [1.807, 2.05) is 6.92 Å². The van der Waals surface area contributed by atoms with Crippen molar-refractivity contribution in [3.8, 4) is 0 Å². The zero-order valence-electron chi connectivity index (χ0n) is 10.6. The van der Waals surface area contributed by atoms with E-state index in [0.717, 1.165) is 18.5 Å². The molecule has 0 aliphatic heterocycles. The number of nitrogens with zero attached hydrogens (tertiary/aromatic N) is 2. The second kappa shape index (κ2) is 5.40. The number of hydrogen-bond acceptors (Lipinski definition) is 4. The van der Waals surface area contributed by atoms with Crippen LogP contribution in [0.1, 0.15) is 32.6 Å². The predicted octanol–water partition coefficient (Wildman–Crippen LogP) is 1.71. The summed E-state index contributed by atoms with van der Waals surface area (Å²) >= 11 is 3.36. The van der Waals surface area contributed by atoms with Crippen LogP contribution in [0.2, 0.25) is 0 Å². The van der Waals surface area contributed by atoms with Gasteiger partial charge in [-0.2, -0.15) is 5.10 Å². The smallest absolute Gasteiger partial charge is 0.283 e. The summed E-state index contributed by atoms with van der Waals surface area (Å²) in [5.41, 5.74) is 6.45. The standard InChI is InChI=1S/C12H19BrN4O/c1-2-17-11(18)10(13)9(7-15-17)16-12(8-14)5-3-4-6-12/h7,16H,2-6,8,14H2,1H3. The van der Waals surface area contributed by atoms with Gasteiger partial charge in [0.2, 0.25) is 0 Å². The SMILES string of the molecule is CCn1ncc(NC2(CN)CCCC2)c(Br)c1=O. The van der Waals surface area contributed by atoms with E-state index in [0.29, 0.717) is 17.6 Å². The van der Waals surface area contributed by atoms with Crippen molar-refractivity contribution in [1.82, 2.24) is 9.78 Å². The first-order valence-corrected chi connectivity index (χ1v) is 7.15. The molecular weight excluding hydrogens is 296 g/mol. The molecule has 0 radical (unpaired) electrons. The molecule has 5 nitrogen and oxygen atoms in total. The number of aromatic nitrogens is 2. The van der Waals surface area contributed by atoms with Crippen molar-refractivity contribution in [2.45, 2.75) is 44.7 Å². The molecule has 1 saturated carbocycles. The molecule has 1 aromatic rings. The molecule has 0 bridgehead atoms. The molecule has 2 rings (SSSR count). The maximum absolute atomic E-state index is 12.0. The molecule has 1 aromatic heterocycles. The number of halogens is 1. The zero-order valence-corrected chi connectivity index (χ0v) is 12.2. The Kier molecular flexibility index (Phi) is 4.07. The van der Waals surface area contributed by atoms with Gasteiger partial charge in [0, 0.05) is 18.6 Å². The Bertz CT molecular complexity index is 479. The largest absolute Gasteiger partial charge is 0.376 e. The molecule has 100 valence electrons. The van der Waals surface area contributed by atoms with Crippen LogP contribution in [0.5, 0.6) is 0 Å². The normalized spacial score (nSPS) is 17.9. The van der Waals surface area contributed by atoms with Crippen molar-refractivity contribution in [1.29, 1.82) is 0 Å². The number of hydrogen-bond donors (Lipinski definition) is 2. The Morgan fingerprint density at radius 1 is 1.56 bits per heavy atom. The topological polar surface area (TPSA) is 72.9 Å². The molecule has 6 heteroatoms. The van der Waals surface area contributed by atoms with Crippen LogP contribution in [0.15, 0.2) is 15.5 Å². The summed E-state index contributed by atoms with van der Waals surface area (Å²) in [5.74, 6) is 0. The number of rotatable bonds is 4. The van der Waals surface area contributed by atoms with E-state index in [1.54, 1.807) is 6.20 Å². The van der Waals surface area contributed by atoms with Crippen LogP contribution in [0.25, 0.3) is 0 Å². The molecule has 0 aromatic carbocycles. The minimum Gasteiger partial charge on any atom is -0.376 e. The van der Waals surface area contributed by atoms with E-state index in [-0.39, 0.29) is 11.1 Å². The maximum Gasteiger partial charge on any atom is 0.283 e. The van der Waals surface area contributed by atoms with E-state index < -0.39 is 0 Å². The Labute approximate surface area is 115 Å². The van der Waals surface area contributed by atoms with Crippen molar-refractivity contribution in [3.05, 3.63) is 21.0 Å². The maximum atomic E-state index is 12.0. The highest BCUT2D eigenvalue weighted by Crippen LogP contribution is 2.33. The number of nitrogens with two attached hydrogens (primary N) is 1. The van der Waals surface area contributed by atoms with Crippen LogP contribution in [-0.2, 0) is 6.54 Å². The van der Waals surface area contributed by atoms with Crippen molar-refractivity contribution >= 4 is 21.6 Å². The minimum absolute atomic E-state index is 0.0744. The quantitative estimate of drug-likeness (QED) is 0.887. The van der Waals surface area contributed by atoms with Gasteiger partial charge in [0.15, 0.2) is 0 Å². The van der Waals surface area contributed by atoms with Crippen LogP contribution < -0.4 is 16.6 Å². The lowest BCUT2D eigenvalue weighted by Crippen LogP contribution is -2.43. The highest BCUT2D eigenvalue weighted by molar-refractivity contribution is 9.10. The van der Waals surface area contributed by atoms with Crippen molar-refractivity contribution in [3.63, 3.8) is 0 Å². The summed E-state index contributed by atoms with van der Waals surface area (Å²) in [6.07, 6.45) is 6.16. The summed E-state index contributed by atoms with van der Waals surface area (Å²) in [5, 5.41) is 7.55. The zero-order chi connectivity index (χ0) is 13.2. The first-order chi connectivity index (χ1) is 8.62. The van der Waals surface area contributed by atoms with Crippen LogP contribution in [0, 0.1) is 0 Å². The molecule has 0 atom stereocenters. The molecule has 1 fully saturated rings. The molecule has 0 amide bonds. The van der Waals surface area contributed by atoms with Crippen LogP contribution in [0.4, 0.5) is 5.69 Å². The van der Waals surface area contributed by atoms with Gasteiger partial charge in [-0.1, -0.05) is 12.8 Å². The summed E-state index contributed by atoms with van der Waals surface area (Å²) in [7, 11) is 0. The van der Waals surface area contributed by atoms with Crippen molar-refractivity contribution in [2.75, 3.05) is 11.9 Å².